The van der Waals surface area contributed by atoms with Crippen LogP contribution in [0.3, 0.4) is 0 Å². The Labute approximate surface area is 306 Å². The van der Waals surface area contributed by atoms with E-state index in [4.69, 9.17) is 30.6 Å². The second kappa shape index (κ2) is 14.4. The maximum absolute atomic E-state index is 14.8. The molecule has 0 saturated heterocycles. The Balaban J connectivity index is 1.53. The van der Waals surface area contributed by atoms with Crippen molar-refractivity contribution >= 4 is 40.6 Å². The van der Waals surface area contributed by atoms with Gasteiger partial charge in [-0.25, -0.2) is 4.79 Å². The Hall–Kier alpha value is -4.65. The van der Waals surface area contributed by atoms with E-state index < -0.39 is 41.2 Å². The van der Waals surface area contributed by atoms with Crippen LogP contribution in [0.15, 0.2) is 59.8 Å². The van der Waals surface area contributed by atoms with Crippen LogP contribution in [-0.4, -0.2) is 55.9 Å². The number of ether oxygens (including phenoxy) is 4. The summed E-state index contributed by atoms with van der Waals surface area (Å²) in [6.45, 7) is 10.3. The van der Waals surface area contributed by atoms with Gasteiger partial charge in [0.2, 0.25) is 5.60 Å². The molecule has 280 valence electrons. The molecular weight excluding hydrogens is 703 g/mol. The van der Waals surface area contributed by atoms with E-state index in [0.29, 0.717) is 44.7 Å². The van der Waals surface area contributed by atoms with E-state index in [1.807, 2.05) is 0 Å². The number of amides is 1. The number of carbonyl (C=O) groups excluding carboxylic acids is 2. The van der Waals surface area contributed by atoms with Crippen LogP contribution in [0.1, 0.15) is 83.5 Å². The molecule has 1 spiro atoms. The third-order valence-electron chi connectivity index (χ3n) is 9.03. The number of nitrogens with one attached hydrogen (secondary N) is 1. The smallest absolute Gasteiger partial charge is 0.497 e. The van der Waals surface area contributed by atoms with E-state index in [0.717, 1.165) is 24.8 Å². The summed E-state index contributed by atoms with van der Waals surface area (Å²) in [5.74, 6) is -0.703. The van der Waals surface area contributed by atoms with Gasteiger partial charge in [0, 0.05) is 45.9 Å². The van der Waals surface area contributed by atoms with E-state index in [2.05, 4.69) is 15.2 Å². The molecule has 1 fully saturated rings. The van der Waals surface area contributed by atoms with Crippen molar-refractivity contribution in [1.82, 2.24) is 0 Å². The first-order chi connectivity index (χ1) is 24.2. The third kappa shape index (κ3) is 8.52. The number of nitrogens with zero attached hydrogens (tertiary/aromatic N) is 2. The monoisotopic (exact) mass is 745 g/mol. The maximum Gasteiger partial charge on any atom is 0.573 e. The summed E-state index contributed by atoms with van der Waals surface area (Å²) in [6.07, 6.45) is -2.40. The summed E-state index contributed by atoms with van der Waals surface area (Å²) >= 11 is 6.30. The van der Waals surface area contributed by atoms with Gasteiger partial charge in [-0.3, -0.25) is 4.79 Å². The number of benzene rings is 3. The lowest BCUT2D eigenvalue weighted by Gasteiger charge is -2.39. The average Bonchev–Trinajstić information content (AvgIpc) is 3.39. The first-order valence-corrected chi connectivity index (χ1v) is 17.1. The minimum atomic E-state index is -4.90. The zero-order valence-electron chi connectivity index (χ0n) is 30.4. The predicted molar refractivity (Wildman–Crippen MR) is 192 cm³/mol. The van der Waals surface area contributed by atoms with Gasteiger partial charge < -0.3 is 34.0 Å². The Morgan fingerprint density at radius 3 is 2.25 bits per heavy atom. The third-order valence-corrected chi connectivity index (χ3v) is 9.26. The highest BCUT2D eigenvalue weighted by molar-refractivity contribution is 6.30. The van der Waals surface area contributed by atoms with Crippen LogP contribution in [0.4, 0.5) is 24.5 Å². The molecule has 1 saturated carbocycles. The Morgan fingerprint density at radius 1 is 0.942 bits per heavy atom. The number of esters is 1. The summed E-state index contributed by atoms with van der Waals surface area (Å²) in [5.41, 5.74) is 0.475. The van der Waals surface area contributed by atoms with Gasteiger partial charge in [0.1, 0.15) is 28.9 Å². The molecule has 1 N–H and O–H groups in total. The number of anilines is 2. The van der Waals surface area contributed by atoms with Crippen LogP contribution >= 0.6 is 11.6 Å². The van der Waals surface area contributed by atoms with Gasteiger partial charge in [-0.15, -0.1) is 13.2 Å². The second-order valence-corrected chi connectivity index (χ2v) is 14.9. The number of carbonyl (C=O) groups is 2. The van der Waals surface area contributed by atoms with Gasteiger partial charge in [-0.1, -0.05) is 35.3 Å². The van der Waals surface area contributed by atoms with Gasteiger partial charge in [-0.05, 0) is 90.3 Å². The molecule has 52 heavy (non-hydrogen) atoms. The highest BCUT2D eigenvalue weighted by atomic mass is 35.5. The van der Waals surface area contributed by atoms with Crippen LogP contribution in [0.5, 0.6) is 17.2 Å². The van der Waals surface area contributed by atoms with Crippen molar-refractivity contribution < 1.29 is 46.5 Å². The maximum atomic E-state index is 14.8. The molecular formula is C38H43ClF3N3O7. The first kappa shape index (κ1) is 38.6. The fourth-order valence-corrected chi connectivity index (χ4v) is 6.44. The number of hydrogen-bond donors (Lipinski definition) is 1. The molecule has 1 atom stereocenters. The number of alkyl halides is 3. The van der Waals surface area contributed by atoms with Crippen LogP contribution in [-0.2, 0) is 24.6 Å². The van der Waals surface area contributed by atoms with Crippen LogP contribution < -0.4 is 24.4 Å². The number of halogens is 4. The molecule has 10 nitrogen and oxygen atoms in total. The van der Waals surface area contributed by atoms with Gasteiger partial charge in [0.25, 0.3) is 5.91 Å². The van der Waals surface area contributed by atoms with Gasteiger partial charge in [0.05, 0.1) is 25.6 Å². The van der Waals surface area contributed by atoms with Crippen molar-refractivity contribution in [2.24, 2.45) is 5.16 Å². The minimum absolute atomic E-state index is 0.282. The molecule has 1 unspecified atom stereocenters. The van der Waals surface area contributed by atoms with Crippen molar-refractivity contribution in [3.63, 3.8) is 0 Å². The molecule has 14 heteroatoms. The summed E-state index contributed by atoms with van der Waals surface area (Å²) in [4.78, 5) is 34.8. The normalized spacial score (nSPS) is 16.1. The lowest BCUT2D eigenvalue weighted by molar-refractivity contribution is -0.274. The lowest BCUT2D eigenvalue weighted by atomic mass is 9.66. The fourth-order valence-electron chi connectivity index (χ4n) is 6.28. The second-order valence-electron chi connectivity index (χ2n) is 14.5. The van der Waals surface area contributed by atoms with Crippen molar-refractivity contribution in [2.45, 2.75) is 89.8 Å². The summed E-state index contributed by atoms with van der Waals surface area (Å²) in [6, 6.07) is 13.1. The molecule has 0 bridgehead atoms. The molecule has 3 aromatic carbocycles. The molecule has 1 aliphatic carbocycles. The molecule has 1 heterocycles. The SMILES string of the molecule is COc1cc(NC(C(=O)N2CC3(CCC3)c3ccc(OC(F)(F)F)cc32)c2ccc(Cl)cc2OC)cc(/C(C)=N/OC(C)(C)C(=O)OC(C)(C)C)c1. The van der Waals surface area contributed by atoms with Crippen molar-refractivity contribution in [2.75, 3.05) is 31.0 Å². The van der Waals surface area contributed by atoms with Crippen LogP contribution in [0.2, 0.25) is 5.02 Å². The topological polar surface area (TPSA) is 108 Å². The number of fused-ring (bicyclic) bond motifs is 2. The van der Waals surface area contributed by atoms with Crippen molar-refractivity contribution in [1.29, 1.82) is 0 Å². The molecule has 1 amide bonds. The average molecular weight is 746 g/mol. The molecule has 0 aromatic heterocycles. The van der Waals surface area contributed by atoms with E-state index in [1.54, 1.807) is 84.0 Å². The van der Waals surface area contributed by atoms with E-state index in [1.165, 1.54) is 31.3 Å². The molecule has 5 rings (SSSR count). The zero-order chi connectivity index (χ0) is 38.2. The van der Waals surface area contributed by atoms with Gasteiger partial charge >= 0.3 is 12.3 Å². The molecule has 2 aliphatic rings. The number of hydrogen-bond acceptors (Lipinski definition) is 9. The molecule has 3 aromatic rings. The highest BCUT2D eigenvalue weighted by Gasteiger charge is 2.50. The molecule has 1 aliphatic heterocycles. The largest absolute Gasteiger partial charge is 0.573 e. The summed E-state index contributed by atoms with van der Waals surface area (Å²) < 4.78 is 60.7. The first-order valence-electron chi connectivity index (χ1n) is 16.7. The number of rotatable bonds is 11. The van der Waals surface area contributed by atoms with E-state index >= 15 is 0 Å². The minimum Gasteiger partial charge on any atom is -0.497 e. The Morgan fingerprint density at radius 2 is 1.65 bits per heavy atom. The van der Waals surface area contributed by atoms with Gasteiger partial charge in [-0.2, -0.15) is 0 Å². The summed E-state index contributed by atoms with van der Waals surface area (Å²) in [7, 11) is 2.94. The van der Waals surface area contributed by atoms with Gasteiger partial charge in [0.15, 0.2) is 0 Å². The van der Waals surface area contributed by atoms with E-state index in [-0.39, 0.29) is 12.0 Å². The zero-order valence-corrected chi connectivity index (χ0v) is 31.1. The fraction of sp³-hybridized carbons (Fsp3) is 0.447. The van der Waals surface area contributed by atoms with Crippen molar-refractivity contribution in [3.8, 4) is 17.2 Å². The quantitative estimate of drug-likeness (QED) is 0.118. The summed E-state index contributed by atoms with van der Waals surface area (Å²) in [5, 5.41) is 7.93. The lowest BCUT2D eigenvalue weighted by Crippen LogP contribution is -2.44. The predicted octanol–water partition coefficient (Wildman–Crippen LogP) is 8.74. The van der Waals surface area contributed by atoms with E-state index in [9.17, 15) is 22.8 Å². The number of methoxy groups -OCH3 is 2. The van der Waals surface area contributed by atoms with Crippen LogP contribution in [0.25, 0.3) is 0 Å². The highest BCUT2D eigenvalue weighted by Crippen LogP contribution is 2.54. The Bertz CT molecular complexity index is 1870. The molecule has 0 radical (unpaired) electrons. The van der Waals surface area contributed by atoms with Crippen molar-refractivity contribution in [3.05, 3.63) is 76.3 Å². The van der Waals surface area contributed by atoms with Crippen LogP contribution in [0, 0.1) is 0 Å². The Kier molecular flexibility index (Phi) is 10.7. The standard InChI is InChI=1S/C38H43ClF3N3O7/c1-22(44-52-36(5,6)34(47)51-35(2,3)4)23-16-25(19-27(17-23)48-7)43-32(28-12-10-24(39)18-31(28)49-8)33(46)45-21-37(14-9-15-37)29-13-11-26(20-30(29)45)50-38(40,41)42/h10-13,16-20,32,43H,9,14-15,21H2,1-8H3/b44-22+. The number of oxime groups is 1.